The Morgan fingerprint density at radius 2 is 1.96 bits per heavy atom. The van der Waals surface area contributed by atoms with Gasteiger partial charge in [0.25, 0.3) is 0 Å². The Morgan fingerprint density at radius 1 is 1.23 bits per heavy atom. The minimum atomic E-state index is -0.580. The zero-order chi connectivity index (χ0) is 18.7. The van der Waals surface area contributed by atoms with E-state index in [1.165, 1.54) is 6.07 Å². The van der Waals surface area contributed by atoms with Gasteiger partial charge in [0.1, 0.15) is 11.8 Å². The van der Waals surface area contributed by atoms with Crippen molar-refractivity contribution in [3.8, 4) is 5.75 Å². The Morgan fingerprint density at radius 3 is 2.69 bits per heavy atom. The maximum absolute atomic E-state index is 12.8. The summed E-state index contributed by atoms with van der Waals surface area (Å²) in [5, 5.41) is 13.5. The van der Waals surface area contributed by atoms with Crippen LogP contribution in [0.4, 0.5) is 5.69 Å². The molecule has 1 fully saturated rings. The number of nitrogens with zero attached hydrogens (tertiary/aromatic N) is 1. The number of para-hydroxylation sites is 1. The van der Waals surface area contributed by atoms with Crippen molar-refractivity contribution in [1.29, 1.82) is 0 Å². The lowest BCUT2D eigenvalue weighted by molar-refractivity contribution is -0.133. The maximum atomic E-state index is 12.8. The summed E-state index contributed by atoms with van der Waals surface area (Å²) in [5.41, 5.74) is 2.07. The Hall–Kier alpha value is -2.53. The van der Waals surface area contributed by atoms with Crippen LogP contribution in [-0.4, -0.2) is 27.9 Å². The van der Waals surface area contributed by atoms with Gasteiger partial charge in [-0.1, -0.05) is 48.9 Å². The highest BCUT2D eigenvalue weighted by Crippen LogP contribution is 2.30. The lowest BCUT2D eigenvalue weighted by Gasteiger charge is -2.25. The molecule has 1 atom stereocenters. The highest BCUT2D eigenvalue weighted by Gasteiger charge is 2.36. The predicted octanol–water partition coefficient (Wildman–Crippen LogP) is 3.74. The van der Waals surface area contributed by atoms with Crippen molar-refractivity contribution in [3.05, 3.63) is 58.6 Å². The second-order valence-electron chi connectivity index (χ2n) is 6.32. The summed E-state index contributed by atoms with van der Waals surface area (Å²) in [5.74, 6) is -0.336. The van der Waals surface area contributed by atoms with Gasteiger partial charge in [0.05, 0.1) is 5.69 Å². The van der Waals surface area contributed by atoms with Gasteiger partial charge in [0, 0.05) is 18.0 Å². The molecule has 26 heavy (non-hydrogen) atoms. The van der Waals surface area contributed by atoms with Crippen molar-refractivity contribution in [1.82, 2.24) is 4.90 Å². The fourth-order valence-electron chi connectivity index (χ4n) is 3.25. The monoisotopic (exact) mass is 372 g/mol. The molecule has 0 spiro atoms. The fourth-order valence-corrected chi connectivity index (χ4v) is 3.44. The second-order valence-corrected chi connectivity index (χ2v) is 6.73. The summed E-state index contributed by atoms with van der Waals surface area (Å²) in [6, 6.07) is 11.9. The van der Waals surface area contributed by atoms with E-state index in [1.807, 2.05) is 31.2 Å². The first-order chi connectivity index (χ1) is 12.5. The molecular formula is C20H21ClN2O3. The third-order valence-corrected chi connectivity index (χ3v) is 5.06. The van der Waals surface area contributed by atoms with E-state index in [-0.39, 0.29) is 24.1 Å². The van der Waals surface area contributed by atoms with Gasteiger partial charge >= 0.3 is 0 Å². The molecule has 0 unspecified atom stereocenters. The first kappa shape index (κ1) is 18.3. The number of anilines is 1. The SMILES string of the molecule is CCc1cccc(O)c1NC(=O)[C@H]1CCC(=O)N1Cc1ccccc1Cl. The van der Waals surface area contributed by atoms with Crippen molar-refractivity contribution in [2.75, 3.05) is 5.32 Å². The molecule has 1 aliphatic heterocycles. The molecule has 1 aliphatic rings. The number of aryl methyl sites for hydroxylation is 1. The molecule has 0 aliphatic carbocycles. The summed E-state index contributed by atoms with van der Waals surface area (Å²) in [6.45, 7) is 2.24. The topological polar surface area (TPSA) is 69.6 Å². The first-order valence-electron chi connectivity index (χ1n) is 8.65. The van der Waals surface area contributed by atoms with Crippen LogP contribution in [-0.2, 0) is 22.6 Å². The summed E-state index contributed by atoms with van der Waals surface area (Å²) in [6.07, 6.45) is 1.45. The average Bonchev–Trinajstić information content (AvgIpc) is 2.99. The lowest BCUT2D eigenvalue weighted by atomic mass is 10.1. The van der Waals surface area contributed by atoms with Crippen LogP contribution in [0.25, 0.3) is 0 Å². The number of phenols is 1. The Bertz CT molecular complexity index is 838. The van der Waals surface area contributed by atoms with E-state index in [1.54, 1.807) is 17.0 Å². The minimum absolute atomic E-state index is 0.0275. The third-order valence-electron chi connectivity index (χ3n) is 4.69. The molecule has 2 N–H and O–H groups in total. The van der Waals surface area contributed by atoms with E-state index in [0.29, 0.717) is 30.0 Å². The van der Waals surface area contributed by atoms with Crippen molar-refractivity contribution >= 4 is 29.1 Å². The number of rotatable bonds is 5. The zero-order valence-electron chi connectivity index (χ0n) is 14.5. The summed E-state index contributed by atoms with van der Waals surface area (Å²) in [4.78, 5) is 26.7. The number of halogens is 1. The van der Waals surface area contributed by atoms with Gasteiger partial charge in [-0.05, 0) is 36.1 Å². The largest absolute Gasteiger partial charge is 0.506 e. The molecule has 0 bridgehead atoms. The maximum Gasteiger partial charge on any atom is 0.247 e. The second kappa shape index (κ2) is 7.79. The van der Waals surface area contributed by atoms with Gasteiger partial charge < -0.3 is 15.3 Å². The number of nitrogens with one attached hydrogen (secondary N) is 1. The summed E-state index contributed by atoms with van der Waals surface area (Å²) < 4.78 is 0. The number of carbonyl (C=O) groups excluding carboxylic acids is 2. The molecule has 136 valence electrons. The number of amides is 2. The number of hydrogen-bond donors (Lipinski definition) is 2. The number of carbonyl (C=O) groups is 2. The Labute approximate surface area is 157 Å². The van der Waals surface area contributed by atoms with Gasteiger partial charge in [-0.15, -0.1) is 0 Å². The molecule has 6 heteroatoms. The van der Waals surface area contributed by atoms with Gasteiger partial charge in [-0.3, -0.25) is 9.59 Å². The van der Waals surface area contributed by atoms with Gasteiger partial charge in [-0.2, -0.15) is 0 Å². The van der Waals surface area contributed by atoms with Crippen LogP contribution in [0.3, 0.4) is 0 Å². The highest BCUT2D eigenvalue weighted by molar-refractivity contribution is 6.31. The smallest absolute Gasteiger partial charge is 0.247 e. The number of aromatic hydroxyl groups is 1. The molecule has 2 amide bonds. The van der Waals surface area contributed by atoms with Crippen molar-refractivity contribution in [2.24, 2.45) is 0 Å². The molecule has 0 radical (unpaired) electrons. The lowest BCUT2D eigenvalue weighted by Crippen LogP contribution is -2.41. The summed E-state index contributed by atoms with van der Waals surface area (Å²) in [7, 11) is 0. The standard InChI is InChI=1S/C20H21ClN2O3/c1-2-13-7-5-9-17(24)19(13)22-20(26)16-10-11-18(25)23(16)12-14-6-3-4-8-15(14)21/h3-9,16,24H,2,10-12H2,1H3,(H,22,26)/t16-/m1/s1. The van der Waals surface area contributed by atoms with Crippen LogP contribution in [0.1, 0.15) is 30.9 Å². The van der Waals surface area contributed by atoms with Gasteiger partial charge in [0.15, 0.2) is 0 Å². The van der Waals surface area contributed by atoms with Crippen LogP contribution in [0, 0.1) is 0 Å². The number of likely N-dealkylation sites (tertiary alicyclic amines) is 1. The predicted molar refractivity (Wildman–Crippen MR) is 101 cm³/mol. The molecule has 2 aromatic carbocycles. The van der Waals surface area contributed by atoms with Crippen LogP contribution in [0.15, 0.2) is 42.5 Å². The van der Waals surface area contributed by atoms with E-state index >= 15 is 0 Å². The third kappa shape index (κ3) is 3.68. The normalized spacial score (nSPS) is 16.8. The molecule has 1 saturated heterocycles. The Balaban J connectivity index is 1.80. The average molecular weight is 373 g/mol. The van der Waals surface area contributed by atoms with Crippen LogP contribution >= 0.6 is 11.6 Å². The molecule has 0 aromatic heterocycles. The van der Waals surface area contributed by atoms with E-state index < -0.39 is 6.04 Å². The first-order valence-corrected chi connectivity index (χ1v) is 9.03. The molecular weight excluding hydrogens is 352 g/mol. The van der Waals surface area contributed by atoms with E-state index in [4.69, 9.17) is 11.6 Å². The van der Waals surface area contributed by atoms with Gasteiger partial charge in [0.2, 0.25) is 11.8 Å². The quantitative estimate of drug-likeness (QED) is 0.785. The van der Waals surface area contributed by atoms with Crippen molar-refractivity contribution in [3.63, 3.8) is 0 Å². The zero-order valence-corrected chi connectivity index (χ0v) is 15.3. The van der Waals surface area contributed by atoms with E-state index in [9.17, 15) is 14.7 Å². The molecule has 2 aromatic rings. The van der Waals surface area contributed by atoms with Crippen LogP contribution in [0.5, 0.6) is 5.75 Å². The highest BCUT2D eigenvalue weighted by atomic mass is 35.5. The number of benzene rings is 2. The molecule has 1 heterocycles. The van der Waals surface area contributed by atoms with E-state index in [2.05, 4.69) is 5.32 Å². The van der Waals surface area contributed by atoms with E-state index in [0.717, 1.165) is 11.1 Å². The number of hydrogen-bond acceptors (Lipinski definition) is 3. The number of phenolic OH excluding ortho intramolecular Hbond substituents is 1. The fraction of sp³-hybridized carbons (Fsp3) is 0.300. The molecule has 0 saturated carbocycles. The molecule has 3 rings (SSSR count). The summed E-state index contributed by atoms with van der Waals surface area (Å²) >= 11 is 6.20. The van der Waals surface area contributed by atoms with Crippen molar-refractivity contribution in [2.45, 2.75) is 38.8 Å². The van der Waals surface area contributed by atoms with Crippen LogP contribution in [0.2, 0.25) is 5.02 Å². The Kier molecular flexibility index (Phi) is 5.47. The molecule has 5 nitrogen and oxygen atoms in total. The minimum Gasteiger partial charge on any atom is -0.506 e. The van der Waals surface area contributed by atoms with Gasteiger partial charge in [-0.25, -0.2) is 0 Å². The van der Waals surface area contributed by atoms with Crippen LogP contribution < -0.4 is 5.32 Å². The van der Waals surface area contributed by atoms with Crippen molar-refractivity contribution < 1.29 is 14.7 Å².